The number of hydrogen-bond donors (Lipinski definition) is 0. The summed E-state index contributed by atoms with van der Waals surface area (Å²) in [6, 6.07) is 12.0. The molecule has 7 rings (SSSR count). The van der Waals surface area contributed by atoms with Gasteiger partial charge < -0.3 is 43.0 Å². The lowest BCUT2D eigenvalue weighted by atomic mass is 9.66. The summed E-state index contributed by atoms with van der Waals surface area (Å²) in [7, 11) is 6.00. The lowest BCUT2D eigenvalue weighted by molar-refractivity contribution is -0.171. The zero-order chi connectivity index (χ0) is 49.8. The van der Waals surface area contributed by atoms with Crippen LogP contribution in [0.3, 0.4) is 0 Å². The SMILES string of the molecule is COc1ccc(COC(=O)[C@@]2(C)CCCC[C@H]2C(=O)Oc2ccc(Cl)c3c2[C@@H](CN2CC(C(F)(F)F)CC2=O)N(C(=O)[C@@H]2CCCC[C@]2(C)C(=O)OCc2ccc(OC)cc2OC)CC3)c(OC)c1. The first-order chi connectivity index (χ1) is 32.9. The highest BCUT2D eigenvalue weighted by molar-refractivity contribution is 6.31. The van der Waals surface area contributed by atoms with Crippen LogP contribution < -0.4 is 23.7 Å². The highest BCUT2D eigenvalue weighted by atomic mass is 35.5. The molecule has 0 aromatic heterocycles. The molecular weight excluding hydrogens is 925 g/mol. The van der Waals surface area contributed by atoms with Gasteiger partial charge in [0.2, 0.25) is 11.8 Å². The molecule has 14 nitrogen and oxygen atoms in total. The molecule has 6 atom stereocenters. The summed E-state index contributed by atoms with van der Waals surface area (Å²) in [4.78, 5) is 74.2. The maximum absolute atomic E-state index is 15.3. The van der Waals surface area contributed by atoms with Gasteiger partial charge in [-0.05, 0) is 87.9 Å². The molecule has 2 amide bonds. The van der Waals surface area contributed by atoms with Crippen LogP contribution in [0.5, 0.6) is 28.7 Å². The number of halogens is 4. The number of likely N-dealkylation sites (tertiary alicyclic amines) is 1. The van der Waals surface area contributed by atoms with Crippen molar-refractivity contribution in [3.8, 4) is 28.7 Å². The summed E-state index contributed by atoms with van der Waals surface area (Å²) >= 11 is 6.86. The molecule has 2 heterocycles. The lowest BCUT2D eigenvalue weighted by Gasteiger charge is -2.45. The van der Waals surface area contributed by atoms with Gasteiger partial charge in [0.25, 0.3) is 0 Å². The number of rotatable bonds is 15. The molecule has 1 saturated heterocycles. The van der Waals surface area contributed by atoms with E-state index < -0.39 is 83.5 Å². The number of hydrogen-bond acceptors (Lipinski definition) is 12. The number of benzene rings is 3. The van der Waals surface area contributed by atoms with Crippen LogP contribution in [0.25, 0.3) is 0 Å². The third-order valence-electron chi connectivity index (χ3n) is 14.8. The number of methoxy groups -OCH3 is 4. The van der Waals surface area contributed by atoms with Gasteiger partial charge in [-0.25, -0.2) is 0 Å². The van der Waals surface area contributed by atoms with E-state index in [2.05, 4.69) is 0 Å². The van der Waals surface area contributed by atoms with Crippen LogP contribution in [0.1, 0.15) is 99.9 Å². The zero-order valence-corrected chi connectivity index (χ0v) is 40.6. The first kappa shape index (κ1) is 51.1. The summed E-state index contributed by atoms with van der Waals surface area (Å²) in [5.74, 6) is -5.01. The Morgan fingerprint density at radius 3 is 1.81 bits per heavy atom. The van der Waals surface area contributed by atoms with Crippen molar-refractivity contribution in [3.63, 3.8) is 0 Å². The Hall–Kier alpha value is -5.71. The van der Waals surface area contributed by atoms with Gasteiger partial charge in [0.05, 0.1) is 63.1 Å². The van der Waals surface area contributed by atoms with Crippen LogP contribution in [0.15, 0.2) is 48.5 Å². The van der Waals surface area contributed by atoms with E-state index >= 15 is 4.79 Å². The molecule has 2 aliphatic carbocycles. The number of carbonyl (C=O) groups excluding carboxylic acids is 5. The van der Waals surface area contributed by atoms with E-state index in [1.54, 1.807) is 56.3 Å². The summed E-state index contributed by atoms with van der Waals surface area (Å²) in [6.45, 7) is 2.09. The molecule has 2 saturated carbocycles. The van der Waals surface area contributed by atoms with E-state index in [4.69, 9.17) is 44.8 Å². The van der Waals surface area contributed by atoms with Crippen molar-refractivity contribution < 1.29 is 70.3 Å². The van der Waals surface area contributed by atoms with Crippen molar-refractivity contribution in [1.82, 2.24) is 9.80 Å². The number of alkyl halides is 3. The third kappa shape index (κ3) is 10.6. The first-order valence-electron chi connectivity index (χ1n) is 23.3. The number of amides is 2. The van der Waals surface area contributed by atoms with Crippen LogP contribution in [0.4, 0.5) is 13.2 Å². The molecule has 1 unspecified atom stereocenters. The minimum Gasteiger partial charge on any atom is -0.497 e. The van der Waals surface area contributed by atoms with Crippen LogP contribution in [-0.4, -0.2) is 93.8 Å². The van der Waals surface area contributed by atoms with Gasteiger partial charge >= 0.3 is 24.1 Å². The molecule has 69 heavy (non-hydrogen) atoms. The van der Waals surface area contributed by atoms with E-state index in [9.17, 15) is 32.3 Å². The Morgan fingerprint density at radius 2 is 1.29 bits per heavy atom. The van der Waals surface area contributed by atoms with Crippen molar-refractivity contribution in [2.45, 2.75) is 103 Å². The number of carbonyl (C=O) groups is 5. The predicted molar refractivity (Wildman–Crippen MR) is 245 cm³/mol. The smallest absolute Gasteiger partial charge is 0.394 e. The monoisotopic (exact) mass is 984 g/mol. The van der Waals surface area contributed by atoms with Crippen molar-refractivity contribution >= 4 is 41.3 Å². The van der Waals surface area contributed by atoms with Crippen LogP contribution >= 0.6 is 11.6 Å². The fourth-order valence-corrected chi connectivity index (χ4v) is 10.8. The fraction of sp³-hybridized carbons (Fsp3) is 0.549. The maximum Gasteiger partial charge on any atom is 0.394 e. The van der Waals surface area contributed by atoms with Gasteiger partial charge in [0.15, 0.2) is 0 Å². The van der Waals surface area contributed by atoms with Crippen molar-refractivity contribution in [1.29, 1.82) is 0 Å². The van der Waals surface area contributed by atoms with Gasteiger partial charge in [-0.1, -0.05) is 37.3 Å². The Labute approximate surface area is 404 Å². The highest BCUT2D eigenvalue weighted by Crippen LogP contribution is 2.49. The van der Waals surface area contributed by atoms with E-state index in [-0.39, 0.29) is 49.1 Å². The molecule has 374 valence electrons. The number of nitrogens with zero attached hydrogens (tertiary/aromatic N) is 2. The Morgan fingerprint density at radius 1 is 0.739 bits per heavy atom. The van der Waals surface area contributed by atoms with Crippen LogP contribution in [-0.2, 0) is 53.1 Å². The molecule has 0 bridgehead atoms. The van der Waals surface area contributed by atoms with E-state index in [1.165, 1.54) is 39.4 Å². The normalized spacial score (nSPS) is 24.8. The van der Waals surface area contributed by atoms with E-state index in [0.29, 0.717) is 91.1 Å². The standard InChI is InChI=1S/C51H60ClF3N2O12/c1-49(47(61)67-28-30-13-15-33(63-3)24-41(30)65-5)20-9-7-11-36(49)45(59)57-22-19-35-38(52)17-18-40(44(35)39(57)27-56-26-32(23-43(56)58)51(53,54)55)69-46(60)37-12-8-10-21-50(37,2)48(62)68-29-31-14-16-34(64-4)25-42(31)66-6/h13-18,24-25,32,36-37,39H,7-12,19-23,26-29H2,1-6H3/t32?,36-,37-,39+,49-,50-/m0/s1. The van der Waals surface area contributed by atoms with E-state index in [0.717, 1.165) is 4.90 Å². The second kappa shape index (κ2) is 21.1. The number of fused-ring (bicyclic) bond motifs is 1. The Bertz CT molecular complexity index is 2430. The van der Waals surface area contributed by atoms with Gasteiger partial charge in [0.1, 0.15) is 42.0 Å². The van der Waals surface area contributed by atoms with Crippen LogP contribution in [0, 0.1) is 28.6 Å². The maximum atomic E-state index is 15.3. The number of ether oxygens (including phenoxy) is 7. The summed E-state index contributed by atoms with van der Waals surface area (Å²) < 4.78 is 82.0. The highest BCUT2D eigenvalue weighted by Gasteiger charge is 2.53. The minimum absolute atomic E-state index is 0.00979. The van der Waals surface area contributed by atoms with Crippen molar-refractivity contribution in [2.75, 3.05) is 48.1 Å². The first-order valence-corrected chi connectivity index (χ1v) is 23.7. The molecule has 0 N–H and O–H groups in total. The lowest BCUT2D eigenvalue weighted by Crippen LogP contribution is -2.53. The topological polar surface area (TPSA) is 156 Å². The number of esters is 3. The average Bonchev–Trinajstić information content (AvgIpc) is 3.73. The summed E-state index contributed by atoms with van der Waals surface area (Å²) in [5, 5.41) is 0.267. The molecule has 18 heteroatoms. The molecule has 3 fully saturated rings. The van der Waals surface area contributed by atoms with E-state index in [1.807, 2.05) is 0 Å². The Balaban J connectivity index is 1.19. The molecule has 3 aromatic rings. The largest absolute Gasteiger partial charge is 0.497 e. The average molecular weight is 985 g/mol. The van der Waals surface area contributed by atoms with Crippen molar-refractivity contribution in [3.05, 3.63) is 75.8 Å². The van der Waals surface area contributed by atoms with Gasteiger partial charge in [-0.2, -0.15) is 13.2 Å². The molecule has 2 aliphatic heterocycles. The third-order valence-corrected chi connectivity index (χ3v) is 15.1. The molecule has 3 aromatic carbocycles. The zero-order valence-electron chi connectivity index (χ0n) is 39.8. The van der Waals surface area contributed by atoms with Crippen LogP contribution in [0.2, 0.25) is 5.02 Å². The van der Waals surface area contributed by atoms with Gasteiger partial charge in [-0.3, -0.25) is 24.0 Å². The molecule has 4 aliphatic rings. The molecular formula is C51H60ClF3N2O12. The van der Waals surface area contributed by atoms with Gasteiger partial charge in [0, 0.05) is 59.9 Å². The predicted octanol–water partition coefficient (Wildman–Crippen LogP) is 9.00. The minimum atomic E-state index is -4.65. The fourth-order valence-electron chi connectivity index (χ4n) is 10.6. The quantitative estimate of drug-likeness (QED) is 0.105. The van der Waals surface area contributed by atoms with Gasteiger partial charge in [-0.15, -0.1) is 0 Å². The summed E-state index contributed by atoms with van der Waals surface area (Å²) in [5.41, 5.74) is -0.706. The molecule has 0 spiro atoms. The molecule has 0 radical (unpaired) electrons. The van der Waals surface area contributed by atoms with Crippen molar-refractivity contribution in [2.24, 2.45) is 28.6 Å². The Kier molecular flexibility index (Phi) is 15.6. The summed E-state index contributed by atoms with van der Waals surface area (Å²) in [6.07, 6.45) is -1.50. The second-order valence-corrected chi connectivity index (χ2v) is 19.2. The second-order valence-electron chi connectivity index (χ2n) is 18.8.